The molecule has 0 amide bonds. The van der Waals surface area contributed by atoms with Crippen LogP contribution in [0.1, 0.15) is 22.8 Å². The molecule has 2 aliphatic rings. The van der Waals surface area contributed by atoms with E-state index in [-0.39, 0.29) is 19.2 Å². The Bertz CT molecular complexity index is 753. The number of fused-ring (bicyclic) bond motifs is 2. The molecule has 0 saturated heterocycles. The highest BCUT2D eigenvalue weighted by molar-refractivity contribution is 5.77. The third-order valence-corrected chi connectivity index (χ3v) is 3.90. The van der Waals surface area contributed by atoms with E-state index in [9.17, 15) is 4.79 Å². The summed E-state index contributed by atoms with van der Waals surface area (Å²) in [4.78, 5) is 11.9. The SMILES string of the molecule is COc1cccc(C2OC(=O)Cc3cc4c(cc32)OCO4)c1. The van der Waals surface area contributed by atoms with Crippen molar-refractivity contribution in [2.24, 2.45) is 0 Å². The molecule has 0 saturated carbocycles. The third kappa shape index (κ3) is 2.06. The number of methoxy groups -OCH3 is 1. The summed E-state index contributed by atoms with van der Waals surface area (Å²) in [5, 5.41) is 0. The smallest absolute Gasteiger partial charge is 0.311 e. The van der Waals surface area contributed by atoms with Crippen LogP contribution < -0.4 is 14.2 Å². The second-order valence-corrected chi connectivity index (χ2v) is 5.23. The number of ether oxygens (including phenoxy) is 4. The molecule has 22 heavy (non-hydrogen) atoms. The highest BCUT2D eigenvalue weighted by Crippen LogP contribution is 2.42. The minimum absolute atomic E-state index is 0.205. The van der Waals surface area contributed by atoms with Crippen LogP contribution in [0.4, 0.5) is 0 Å². The van der Waals surface area contributed by atoms with Gasteiger partial charge in [0.2, 0.25) is 6.79 Å². The minimum Gasteiger partial charge on any atom is -0.497 e. The Balaban J connectivity index is 1.83. The molecule has 112 valence electrons. The molecule has 0 fully saturated rings. The molecular weight excluding hydrogens is 284 g/mol. The van der Waals surface area contributed by atoms with Gasteiger partial charge in [0.15, 0.2) is 17.6 Å². The van der Waals surface area contributed by atoms with Gasteiger partial charge in [0.1, 0.15) is 5.75 Å². The summed E-state index contributed by atoms with van der Waals surface area (Å²) in [6.45, 7) is 0.205. The normalized spacial score (nSPS) is 18.6. The van der Waals surface area contributed by atoms with Crippen molar-refractivity contribution in [1.82, 2.24) is 0 Å². The van der Waals surface area contributed by atoms with Crippen molar-refractivity contribution >= 4 is 5.97 Å². The maximum atomic E-state index is 11.9. The largest absolute Gasteiger partial charge is 0.497 e. The zero-order valence-electron chi connectivity index (χ0n) is 12.0. The number of rotatable bonds is 2. The van der Waals surface area contributed by atoms with E-state index in [1.807, 2.05) is 36.4 Å². The predicted octanol–water partition coefficient (Wildman–Crippen LogP) is 2.61. The lowest BCUT2D eigenvalue weighted by Gasteiger charge is -2.26. The fourth-order valence-corrected chi connectivity index (χ4v) is 2.84. The van der Waals surface area contributed by atoms with E-state index in [2.05, 4.69) is 0 Å². The quantitative estimate of drug-likeness (QED) is 0.798. The average Bonchev–Trinajstić information content (AvgIpc) is 2.99. The number of cyclic esters (lactones) is 1. The van der Waals surface area contributed by atoms with Gasteiger partial charge >= 0.3 is 5.97 Å². The molecule has 2 heterocycles. The standard InChI is InChI=1S/C17H14O5/c1-19-12-4-2-3-10(5-12)17-13-8-15-14(20-9-21-15)6-11(13)7-16(18)22-17/h2-6,8,17H,7,9H2,1H3. The summed E-state index contributed by atoms with van der Waals surface area (Å²) in [5.74, 6) is 1.84. The van der Waals surface area contributed by atoms with Gasteiger partial charge in [0, 0.05) is 11.1 Å². The summed E-state index contributed by atoms with van der Waals surface area (Å²) in [6, 6.07) is 11.3. The van der Waals surface area contributed by atoms with E-state index in [4.69, 9.17) is 18.9 Å². The van der Waals surface area contributed by atoms with Crippen molar-refractivity contribution in [3.05, 3.63) is 53.1 Å². The van der Waals surface area contributed by atoms with Crippen molar-refractivity contribution in [3.8, 4) is 17.2 Å². The number of carbonyl (C=O) groups is 1. The first-order valence-corrected chi connectivity index (χ1v) is 7.00. The first-order valence-electron chi connectivity index (χ1n) is 7.00. The highest BCUT2D eigenvalue weighted by atomic mass is 16.7. The molecule has 0 spiro atoms. The molecule has 5 heteroatoms. The molecule has 1 unspecified atom stereocenters. The van der Waals surface area contributed by atoms with Crippen molar-refractivity contribution in [3.63, 3.8) is 0 Å². The Morgan fingerprint density at radius 3 is 2.77 bits per heavy atom. The lowest BCUT2D eigenvalue weighted by atomic mass is 9.92. The molecule has 1 atom stereocenters. The average molecular weight is 298 g/mol. The Morgan fingerprint density at radius 2 is 1.95 bits per heavy atom. The summed E-state index contributed by atoms with van der Waals surface area (Å²) >= 11 is 0. The van der Waals surface area contributed by atoms with E-state index >= 15 is 0 Å². The van der Waals surface area contributed by atoms with Gasteiger partial charge in [-0.15, -0.1) is 0 Å². The Labute approximate surface area is 127 Å². The second-order valence-electron chi connectivity index (χ2n) is 5.23. The van der Waals surface area contributed by atoms with Gasteiger partial charge in [0.05, 0.1) is 13.5 Å². The molecule has 2 aromatic rings. The topological polar surface area (TPSA) is 54.0 Å². The summed E-state index contributed by atoms with van der Waals surface area (Å²) in [7, 11) is 1.61. The number of hydrogen-bond acceptors (Lipinski definition) is 5. The number of esters is 1. The van der Waals surface area contributed by atoms with Crippen LogP contribution in [-0.2, 0) is 16.0 Å². The van der Waals surface area contributed by atoms with E-state index in [0.717, 1.165) is 22.4 Å². The van der Waals surface area contributed by atoms with Crippen LogP contribution in [-0.4, -0.2) is 19.9 Å². The maximum absolute atomic E-state index is 11.9. The molecular formula is C17H14O5. The van der Waals surface area contributed by atoms with Crippen LogP contribution in [0.15, 0.2) is 36.4 Å². The third-order valence-electron chi connectivity index (χ3n) is 3.90. The van der Waals surface area contributed by atoms with Gasteiger partial charge in [-0.25, -0.2) is 0 Å². The second kappa shape index (κ2) is 4.94. The van der Waals surface area contributed by atoms with E-state index in [1.54, 1.807) is 7.11 Å². The lowest BCUT2D eigenvalue weighted by molar-refractivity contribution is -0.148. The van der Waals surface area contributed by atoms with Crippen LogP contribution >= 0.6 is 0 Å². The Morgan fingerprint density at radius 1 is 1.14 bits per heavy atom. The molecule has 2 aliphatic heterocycles. The zero-order chi connectivity index (χ0) is 15.1. The van der Waals surface area contributed by atoms with Crippen LogP contribution in [0.5, 0.6) is 17.2 Å². The van der Waals surface area contributed by atoms with Crippen LogP contribution in [0.3, 0.4) is 0 Å². The van der Waals surface area contributed by atoms with Crippen molar-refractivity contribution in [1.29, 1.82) is 0 Å². The van der Waals surface area contributed by atoms with Crippen LogP contribution in [0, 0.1) is 0 Å². The Hall–Kier alpha value is -2.69. The zero-order valence-corrected chi connectivity index (χ0v) is 12.0. The van der Waals surface area contributed by atoms with E-state index < -0.39 is 6.10 Å². The van der Waals surface area contributed by atoms with Gasteiger partial charge < -0.3 is 18.9 Å². The first-order chi connectivity index (χ1) is 10.7. The van der Waals surface area contributed by atoms with Gasteiger partial charge in [-0.3, -0.25) is 4.79 Å². The predicted molar refractivity (Wildman–Crippen MR) is 77.2 cm³/mol. The van der Waals surface area contributed by atoms with Crippen LogP contribution in [0.2, 0.25) is 0 Å². The highest BCUT2D eigenvalue weighted by Gasteiger charge is 2.31. The molecule has 5 nitrogen and oxygen atoms in total. The lowest BCUT2D eigenvalue weighted by Crippen LogP contribution is -2.22. The van der Waals surface area contributed by atoms with E-state index in [0.29, 0.717) is 11.5 Å². The molecule has 2 aromatic carbocycles. The number of hydrogen-bond donors (Lipinski definition) is 0. The maximum Gasteiger partial charge on any atom is 0.311 e. The molecule has 0 radical (unpaired) electrons. The van der Waals surface area contributed by atoms with Crippen molar-refractivity contribution in [2.45, 2.75) is 12.5 Å². The van der Waals surface area contributed by atoms with Gasteiger partial charge in [0.25, 0.3) is 0 Å². The fraction of sp³-hybridized carbons (Fsp3) is 0.235. The van der Waals surface area contributed by atoms with Crippen LogP contribution in [0.25, 0.3) is 0 Å². The van der Waals surface area contributed by atoms with Gasteiger partial charge in [-0.05, 0) is 29.8 Å². The van der Waals surface area contributed by atoms with Crippen molar-refractivity contribution < 1.29 is 23.7 Å². The fourth-order valence-electron chi connectivity index (χ4n) is 2.84. The van der Waals surface area contributed by atoms with Crippen molar-refractivity contribution in [2.75, 3.05) is 13.9 Å². The summed E-state index contributed by atoms with van der Waals surface area (Å²) in [6.07, 6.45) is -0.215. The molecule has 0 N–H and O–H groups in total. The molecule has 0 aromatic heterocycles. The first kappa shape index (κ1) is 13.0. The minimum atomic E-state index is -0.458. The van der Waals surface area contributed by atoms with E-state index in [1.165, 1.54) is 0 Å². The van der Waals surface area contributed by atoms with Gasteiger partial charge in [-0.2, -0.15) is 0 Å². The molecule has 4 rings (SSSR count). The van der Waals surface area contributed by atoms with Gasteiger partial charge in [-0.1, -0.05) is 12.1 Å². The summed E-state index contributed by atoms with van der Waals surface area (Å²) < 4.78 is 21.6. The monoisotopic (exact) mass is 298 g/mol. The Kier molecular flexibility index (Phi) is 2.92. The number of carbonyl (C=O) groups excluding carboxylic acids is 1. The molecule has 0 aliphatic carbocycles. The molecule has 0 bridgehead atoms. The number of benzene rings is 2. The summed E-state index contributed by atoms with van der Waals surface area (Å²) in [5.41, 5.74) is 2.71.